The number of methoxy groups -OCH3 is 1. The SMILES string of the molecule is C=CCCCCC(=C)NC/C(C)=C\CCC(C=C)OC. The Bertz CT molecular complexity index is 317. The Labute approximate surface area is 125 Å². The van der Waals surface area contributed by atoms with Gasteiger partial charge >= 0.3 is 0 Å². The molecule has 2 heteroatoms. The summed E-state index contributed by atoms with van der Waals surface area (Å²) in [4.78, 5) is 0. The van der Waals surface area contributed by atoms with Gasteiger partial charge in [-0.3, -0.25) is 0 Å². The van der Waals surface area contributed by atoms with Gasteiger partial charge in [0.05, 0.1) is 6.10 Å². The lowest BCUT2D eigenvalue weighted by Gasteiger charge is -2.11. The standard InChI is InChI=1S/C18H31NO/c1-6-8-9-10-13-17(4)19-15-16(3)12-11-14-18(7-2)20-5/h6-7,12,18-19H,1-2,4,8-11,13-15H2,3,5H3/b16-12-. The van der Waals surface area contributed by atoms with Gasteiger partial charge in [-0.25, -0.2) is 0 Å². The van der Waals surface area contributed by atoms with Crippen LogP contribution in [0.1, 0.15) is 45.4 Å². The lowest BCUT2D eigenvalue weighted by Crippen LogP contribution is -2.15. The summed E-state index contributed by atoms with van der Waals surface area (Å²) in [6, 6.07) is 0. The van der Waals surface area contributed by atoms with E-state index >= 15 is 0 Å². The zero-order valence-electron chi connectivity index (χ0n) is 13.3. The van der Waals surface area contributed by atoms with E-state index in [0.29, 0.717) is 0 Å². The Morgan fingerprint density at radius 2 is 2.00 bits per heavy atom. The summed E-state index contributed by atoms with van der Waals surface area (Å²) in [5.41, 5.74) is 2.47. The molecule has 0 aromatic rings. The van der Waals surface area contributed by atoms with Crippen LogP contribution < -0.4 is 5.32 Å². The molecule has 1 unspecified atom stereocenters. The molecule has 114 valence electrons. The minimum Gasteiger partial charge on any atom is -0.385 e. The minimum atomic E-state index is 0.159. The zero-order valence-corrected chi connectivity index (χ0v) is 13.3. The van der Waals surface area contributed by atoms with Gasteiger partial charge < -0.3 is 10.1 Å². The van der Waals surface area contributed by atoms with E-state index in [-0.39, 0.29) is 6.10 Å². The third-order valence-corrected chi connectivity index (χ3v) is 3.26. The molecule has 0 spiro atoms. The van der Waals surface area contributed by atoms with E-state index in [0.717, 1.165) is 37.9 Å². The van der Waals surface area contributed by atoms with Crippen LogP contribution in [-0.2, 0) is 4.74 Å². The first-order valence-electron chi connectivity index (χ1n) is 7.47. The van der Waals surface area contributed by atoms with Crippen LogP contribution in [0.15, 0.2) is 49.2 Å². The number of allylic oxidation sites excluding steroid dienone is 3. The lowest BCUT2D eigenvalue weighted by molar-refractivity contribution is 0.135. The van der Waals surface area contributed by atoms with Gasteiger partial charge in [0.25, 0.3) is 0 Å². The average Bonchev–Trinajstić information content (AvgIpc) is 2.46. The van der Waals surface area contributed by atoms with E-state index in [1.165, 1.54) is 18.4 Å². The molecule has 0 radical (unpaired) electrons. The molecule has 0 bridgehead atoms. The summed E-state index contributed by atoms with van der Waals surface area (Å²) >= 11 is 0. The first-order chi connectivity index (χ1) is 9.63. The number of rotatable bonds is 13. The zero-order chi connectivity index (χ0) is 15.2. The van der Waals surface area contributed by atoms with Crippen LogP contribution in [0.4, 0.5) is 0 Å². The maximum absolute atomic E-state index is 5.26. The van der Waals surface area contributed by atoms with Crippen LogP contribution >= 0.6 is 0 Å². The third-order valence-electron chi connectivity index (χ3n) is 3.26. The van der Waals surface area contributed by atoms with Crippen LogP contribution in [0, 0.1) is 0 Å². The maximum Gasteiger partial charge on any atom is 0.0752 e. The highest BCUT2D eigenvalue weighted by Crippen LogP contribution is 2.07. The number of ether oxygens (including phenoxy) is 1. The largest absolute Gasteiger partial charge is 0.385 e. The van der Waals surface area contributed by atoms with E-state index in [2.05, 4.69) is 38.1 Å². The molecule has 0 aliphatic carbocycles. The Kier molecular flexibility index (Phi) is 11.9. The van der Waals surface area contributed by atoms with Gasteiger partial charge in [0.1, 0.15) is 0 Å². The Morgan fingerprint density at radius 1 is 1.25 bits per heavy atom. The van der Waals surface area contributed by atoms with Gasteiger partial charge in [0.2, 0.25) is 0 Å². The topological polar surface area (TPSA) is 21.3 Å². The molecule has 1 N–H and O–H groups in total. The second kappa shape index (κ2) is 12.7. The van der Waals surface area contributed by atoms with Crippen molar-refractivity contribution < 1.29 is 4.74 Å². The monoisotopic (exact) mass is 277 g/mol. The fraction of sp³-hybridized carbons (Fsp3) is 0.556. The Balaban J connectivity index is 3.74. The van der Waals surface area contributed by atoms with E-state index in [4.69, 9.17) is 4.74 Å². The molecular weight excluding hydrogens is 246 g/mol. The van der Waals surface area contributed by atoms with Gasteiger partial charge in [0, 0.05) is 19.4 Å². The van der Waals surface area contributed by atoms with Crippen molar-refractivity contribution in [1.82, 2.24) is 5.32 Å². The predicted molar refractivity (Wildman–Crippen MR) is 89.8 cm³/mol. The van der Waals surface area contributed by atoms with Crippen molar-refractivity contribution in [3.05, 3.63) is 49.2 Å². The summed E-state index contributed by atoms with van der Waals surface area (Å²) in [6.45, 7) is 14.6. The molecule has 0 rings (SSSR count). The molecule has 0 fully saturated rings. The minimum absolute atomic E-state index is 0.159. The molecule has 1 atom stereocenters. The number of hydrogen-bond acceptors (Lipinski definition) is 2. The third kappa shape index (κ3) is 10.6. The summed E-state index contributed by atoms with van der Waals surface area (Å²) in [5.74, 6) is 0. The molecule has 0 saturated carbocycles. The molecule has 2 nitrogen and oxygen atoms in total. The molecule has 0 heterocycles. The van der Waals surface area contributed by atoms with Crippen molar-refractivity contribution in [2.24, 2.45) is 0 Å². The van der Waals surface area contributed by atoms with Gasteiger partial charge in [-0.2, -0.15) is 0 Å². The summed E-state index contributed by atoms with van der Waals surface area (Å²) < 4.78 is 5.26. The molecule has 0 aliphatic heterocycles. The average molecular weight is 277 g/mol. The van der Waals surface area contributed by atoms with E-state index < -0.39 is 0 Å². The van der Waals surface area contributed by atoms with E-state index in [1.54, 1.807) is 7.11 Å². The van der Waals surface area contributed by atoms with Crippen LogP contribution in [-0.4, -0.2) is 19.8 Å². The van der Waals surface area contributed by atoms with Crippen molar-refractivity contribution in [1.29, 1.82) is 0 Å². The number of unbranched alkanes of at least 4 members (excludes halogenated alkanes) is 2. The number of hydrogen-bond donors (Lipinski definition) is 1. The first kappa shape index (κ1) is 18.7. The quantitative estimate of drug-likeness (QED) is 0.387. The van der Waals surface area contributed by atoms with Gasteiger partial charge in [-0.05, 0) is 45.4 Å². The van der Waals surface area contributed by atoms with Gasteiger partial charge in [0.15, 0.2) is 0 Å². The lowest BCUT2D eigenvalue weighted by atomic mass is 10.1. The molecule has 0 aliphatic rings. The fourth-order valence-corrected chi connectivity index (χ4v) is 1.88. The van der Waals surface area contributed by atoms with Crippen molar-refractivity contribution in [2.45, 2.75) is 51.6 Å². The highest BCUT2D eigenvalue weighted by molar-refractivity contribution is 5.04. The maximum atomic E-state index is 5.26. The van der Waals surface area contributed by atoms with Crippen LogP contribution in [0.2, 0.25) is 0 Å². The first-order valence-corrected chi connectivity index (χ1v) is 7.47. The van der Waals surface area contributed by atoms with Gasteiger partial charge in [-0.15, -0.1) is 13.2 Å². The van der Waals surface area contributed by atoms with Crippen molar-refractivity contribution in [3.8, 4) is 0 Å². The molecule has 20 heavy (non-hydrogen) atoms. The molecule has 0 aromatic heterocycles. The van der Waals surface area contributed by atoms with E-state index in [1.807, 2.05) is 12.2 Å². The van der Waals surface area contributed by atoms with Crippen LogP contribution in [0.5, 0.6) is 0 Å². The highest BCUT2D eigenvalue weighted by Gasteiger charge is 2.00. The smallest absolute Gasteiger partial charge is 0.0752 e. The molecule has 0 amide bonds. The fourth-order valence-electron chi connectivity index (χ4n) is 1.88. The van der Waals surface area contributed by atoms with Crippen LogP contribution in [0.3, 0.4) is 0 Å². The van der Waals surface area contributed by atoms with E-state index in [9.17, 15) is 0 Å². The second-order valence-corrected chi connectivity index (χ2v) is 5.13. The normalized spacial score (nSPS) is 12.8. The summed E-state index contributed by atoms with van der Waals surface area (Å²) in [5, 5.41) is 3.39. The van der Waals surface area contributed by atoms with Crippen molar-refractivity contribution >= 4 is 0 Å². The molecule has 0 saturated heterocycles. The molecule has 0 aromatic carbocycles. The summed E-state index contributed by atoms with van der Waals surface area (Å²) in [7, 11) is 1.72. The Hall–Kier alpha value is -1.28. The second-order valence-electron chi connectivity index (χ2n) is 5.13. The van der Waals surface area contributed by atoms with Gasteiger partial charge in [-0.1, -0.05) is 30.4 Å². The van der Waals surface area contributed by atoms with Crippen LogP contribution in [0.25, 0.3) is 0 Å². The highest BCUT2D eigenvalue weighted by atomic mass is 16.5. The number of nitrogens with one attached hydrogen (secondary N) is 1. The molecular formula is C18H31NO. The predicted octanol–water partition coefficient (Wildman–Crippen LogP) is 4.76. The van der Waals surface area contributed by atoms with Crippen molar-refractivity contribution in [3.63, 3.8) is 0 Å². The Morgan fingerprint density at radius 3 is 2.60 bits per heavy atom. The van der Waals surface area contributed by atoms with Crippen molar-refractivity contribution in [2.75, 3.05) is 13.7 Å². The summed E-state index contributed by atoms with van der Waals surface area (Å²) in [6.07, 6.45) is 12.8.